The van der Waals surface area contributed by atoms with E-state index in [0.717, 1.165) is 5.56 Å². The average molecular weight is 272 g/mol. The molecule has 104 valence electrons. The molecule has 1 aromatic carbocycles. The van der Waals surface area contributed by atoms with Crippen LogP contribution in [0.4, 0.5) is 5.82 Å². The standard InChI is InChI=1S/C14H16N4O2/c15-14(20)12-6-7-13(18-17-12)16-11(9-19)8-10-4-2-1-3-5-10/h1-7,11,19H,8-9H2,(H2,15,20)(H,16,18). The Kier molecular flexibility index (Phi) is 4.62. The lowest BCUT2D eigenvalue weighted by Crippen LogP contribution is -2.27. The minimum Gasteiger partial charge on any atom is -0.394 e. The SMILES string of the molecule is NC(=O)c1ccc(NC(CO)Cc2ccccc2)nn1. The van der Waals surface area contributed by atoms with Gasteiger partial charge in [-0.1, -0.05) is 30.3 Å². The molecule has 2 rings (SSSR count). The maximum Gasteiger partial charge on any atom is 0.269 e. The lowest BCUT2D eigenvalue weighted by molar-refractivity contribution is 0.0994. The molecule has 0 radical (unpaired) electrons. The van der Waals surface area contributed by atoms with E-state index in [-0.39, 0.29) is 18.3 Å². The zero-order chi connectivity index (χ0) is 14.4. The third kappa shape index (κ3) is 3.76. The Morgan fingerprint density at radius 3 is 2.50 bits per heavy atom. The van der Waals surface area contributed by atoms with Crippen molar-refractivity contribution in [2.75, 3.05) is 11.9 Å². The number of rotatable bonds is 6. The Morgan fingerprint density at radius 2 is 1.95 bits per heavy atom. The monoisotopic (exact) mass is 272 g/mol. The summed E-state index contributed by atoms with van der Waals surface area (Å²) >= 11 is 0. The Bertz CT molecular complexity index is 557. The summed E-state index contributed by atoms with van der Waals surface area (Å²) < 4.78 is 0. The maximum absolute atomic E-state index is 10.9. The van der Waals surface area contributed by atoms with Crippen LogP contribution < -0.4 is 11.1 Å². The molecule has 1 atom stereocenters. The van der Waals surface area contributed by atoms with Crippen LogP contribution in [0.2, 0.25) is 0 Å². The molecule has 2 aromatic rings. The summed E-state index contributed by atoms with van der Waals surface area (Å²) in [6.45, 7) is -0.0336. The van der Waals surface area contributed by atoms with Gasteiger partial charge in [0.2, 0.25) is 0 Å². The number of amides is 1. The number of aliphatic hydroxyl groups is 1. The van der Waals surface area contributed by atoms with Crippen molar-refractivity contribution < 1.29 is 9.90 Å². The van der Waals surface area contributed by atoms with E-state index in [4.69, 9.17) is 5.73 Å². The molecule has 6 nitrogen and oxygen atoms in total. The first kappa shape index (κ1) is 14.0. The number of primary amides is 1. The number of nitrogens with zero attached hydrogens (tertiary/aromatic N) is 2. The fourth-order valence-corrected chi connectivity index (χ4v) is 1.81. The molecule has 0 aliphatic heterocycles. The lowest BCUT2D eigenvalue weighted by Gasteiger charge is -2.16. The summed E-state index contributed by atoms with van der Waals surface area (Å²) in [5, 5.41) is 20.0. The van der Waals surface area contributed by atoms with Gasteiger partial charge in [-0.25, -0.2) is 0 Å². The minimum atomic E-state index is -0.618. The van der Waals surface area contributed by atoms with E-state index in [1.807, 2.05) is 30.3 Å². The van der Waals surface area contributed by atoms with Crippen LogP contribution in [0.15, 0.2) is 42.5 Å². The molecule has 0 fully saturated rings. The predicted molar refractivity (Wildman–Crippen MR) is 75.2 cm³/mol. The fourth-order valence-electron chi connectivity index (χ4n) is 1.81. The number of benzene rings is 1. The van der Waals surface area contributed by atoms with Gasteiger partial charge in [-0.15, -0.1) is 10.2 Å². The third-order valence-electron chi connectivity index (χ3n) is 2.81. The summed E-state index contributed by atoms with van der Waals surface area (Å²) in [4.78, 5) is 10.9. The van der Waals surface area contributed by atoms with Crippen molar-refractivity contribution in [1.29, 1.82) is 0 Å². The normalized spacial score (nSPS) is 11.8. The highest BCUT2D eigenvalue weighted by molar-refractivity contribution is 5.90. The van der Waals surface area contributed by atoms with Crippen molar-refractivity contribution in [3.8, 4) is 0 Å². The molecule has 1 aromatic heterocycles. The summed E-state index contributed by atoms with van der Waals surface area (Å²) in [5.74, 6) is -0.128. The van der Waals surface area contributed by atoms with Gasteiger partial charge in [-0.05, 0) is 24.1 Å². The Morgan fingerprint density at radius 1 is 1.20 bits per heavy atom. The number of nitrogens with two attached hydrogens (primary N) is 1. The van der Waals surface area contributed by atoms with Crippen molar-refractivity contribution in [2.45, 2.75) is 12.5 Å². The van der Waals surface area contributed by atoms with E-state index in [9.17, 15) is 9.90 Å². The second-order valence-electron chi connectivity index (χ2n) is 4.38. The molecular formula is C14H16N4O2. The van der Waals surface area contributed by atoms with E-state index in [1.54, 1.807) is 6.07 Å². The number of hydrogen-bond donors (Lipinski definition) is 3. The quantitative estimate of drug-likeness (QED) is 0.714. The number of carbonyl (C=O) groups is 1. The van der Waals surface area contributed by atoms with E-state index < -0.39 is 5.91 Å². The summed E-state index contributed by atoms with van der Waals surface area (Å²) in [5.41, 5.74) is 6.31. The molecule has 0 aliphatic rings. The summed E-state index contributed by atoms with van der Waals surface area (Å²) in [7, 11) is 0. The van der Waals surface area contributed by atoms with E-state index in [1.165, 1.54) is 6.07 Å². The minimum absolute atomic E-state index is 0.0336. The van der Waals surface area contributed by atoms with Crippen molar-refractivity contribution >= 4 is 11.7 Å². The predicted octanol–water partition coefficient (Wildman–Crippen LogP) is 0.591. The number of anilines is 1. The van der Waals surface area contributed by atoms with Gasteiger partial charge in [0.1, 0.15) is 5.82 Å². The number of aliphatic hydroxyl groups excluding tert-OH is 1. The third-order valence-corrected chi connectivity index (χ3v) is 2.81. The molecular weight excluding hydrogens is 256 g/mol. The van der Waals surface area contributed by atoms with Crippen molar-refractivity contribution in [2.24, 2.45) is 5.73 Å². The topological polar surface area (TPSA) is 101 Å². The molecule has 0 saturated heterocycles. The molecule has 4 N–H and O–H groups in total. The van der Waals surface area contributed by atoms with Gasteiger partial charge in [-0.3, -0.25) is 4.79 Å². The molecule has 20 heavy (non-hydrogen) atoms. The van der Waals surface area contributed by atoms with Crippen LogP contribution in [0.25, 0.3) is 0 Å². The first-order chi connectivity index (χ1) is 9.69. The van der Waals surface area contributed by atoms with Gasteiger partial charge in [-0.2, -0.15) is 0 Å². The van der Waals surface area contributed by atoms with Crippen LogP contribution in [-0.2, 0) is 6.42 Å². The number of nitrogens with one attached hydrogen (secondary N) is 1. The van der Waals surface area contributed by atoms with Crippen LogP contribution in [0.1, 0.15) is 16.1 Å². The van der Waals surface area contributed by atoms with Gasteiger partial charge >= 0.3 is 0 Å². The fraction of sp³-hybridized carbons (Fsp3) is 0.214. The molecule has 1 amide bonds. The highest BCUT2D eigenvalue weighted by atomic mass is 16.3. The van der Waals surface area contributed by atoms with E-state index in [0.29, 0.717) is 12.2 Å². The van der Waals surface area contributed by atoms with Crippen LogP contribution in [0.5, 0.6) is 0 Å². The van der Waals surface area contributed by atoms with Gasteiger partial charge in [0, 0.05) is 0 Å². The summed E-state index contributed by atoms with van der Waals surface area (Å²) in [6.07, 6.45) is 0.663. The zero-order valence-corrected chi connectivity index (χ0v) is 10.9. The highest BCUT2D eigenvalue weighted by Gasteiger charge is 2.10. The van der Waals surface area contributed by atoms with Crippen LogP contribution in [-0.4, -0.2) is 33.9 Å². The number of hydrogen-bond acceptors (Lipinski definition) is 5. The molecule has 0 spiro atoms. The van der Waals surface area contributed by atoms with Crippen LogP contribution in [0, 0.1) is 0 Å². The largest absolute Gasteiger partial charge is 0.394 e. The van der Waals surface area contributed by atoms with Crippen molar-refractivity contribution in [3.05, 3.63) is 53.7 Å². The molecule has 0 saturated carbocycles. The average Bonchev–Trinajstić information content (AvgIpc) is 2.48. The number of carbonyl (C=O) groups excluding carboxylic acids is 1. The van der Waals surface area contributed by atoms with Crippen LogP contribution in [0.3, 0.4) is 0 Å². The first-order valence-electron chi connectivity index (χ1n) is 6.24. The maximum atomic E-state index is 10.9. The van der Waals surface area contributed by atoms with Gasteiger partial charge < -0.3 is 16.2 Å². The molecule has 6 heteroatoms. The second-order valence-corrected chi connectivity index (χ2v) is 4.38. The first-order valence-corrected chi connectivity index (χ1v) is 6.24. The van der Waals surface area contributed by atoms with Crippen LogP contribution >= 0.6 is 0 Å². The molecule has 1 heterocycles. The van der Waals surface area contributed by atoms with Gasteiger partial charge in [0.05, 0.1) is 12.6 Å². The highest BCUT2D eigenvalue weighted by Crippen LogP contribution is 2.08. The zero-order valence-electron chi connectivity index (χ0n) is 10.9. The number of aromatic nitrogens is 2. The second kappa shape index (κ2) is 6.63. The molecule has 0 bridgehead atoms. The lowest BCUT2D eigenvalue weighted by atomic mass is 10.1. The van der Waals surface area contributed by atoms with E-state index in [2.05, 4.69) is 15.5 Å². The van der Waals surface area contributed by atoms with Crippen molar-refractivity contribution in [1.82, 2.24) is 10.2 Å². The summed E-state index contributed by atoms with van der Waals surface area (Å²) in [6, 6.07) is 12.8. The van der Waals surface area contributed by atoms with Crippen molar-refractivity contribution in [3.63, 3.8) is 0 Å². The Hall–Kier alpha value is -2.47. The Balaban J connectivity index is 2.01. The van der Waals surface area contributed by atoms with Gasteiger partial charge in [0.25, 0.3) is 5.91 Å². The van der Waals surface area contributed by atoms with E-state index >= 15 is 0 Å². The smallest absolute Gasteiger partial charge is 0.269 e. The molecule has 1 unspecified atom stereocenters. The van der Waals surface area contributed by atoms with Gasteiger partial charge in [0.15, 0.2) is 5.69 Å². The Labute approximate surface area is 116 Å². The molecule has 0 aliphatic carbocycles.